The number of fused-ring (bicyclic) bond motifs is 1. The van der Waals surface area contributed by atoms with Gasteiger partial charge in [-0.15, -0.1) is 0 Å². The van der Waals surface area contributed by atoms with Gasteiger partial charge < -0.3 is 5.11 Å². The second-order valence-electron chi connectivity index (χ2n) is 4.32. The van der Waals surface area contributed by atoms with E-state index in [-0.39, 0.29) is 23.5 Å². The second-order valence-corrected chi connectivity index (χ2v) is 4.32. The Morgan fingerprint density at radius 1 is 1.35 bits per heavy atom. The van der Waals surface area contributed by atoms with Crippen LogP contribution < -0.4 is 0 Å². The van der Waals surface area contributed by atoms with Crippen molar-refractivity contribution in [2.24, 2.45) is 5.92 Å². The Morgan fingerprint density at radius 3 is 2.53 bits per heavy atom. The van der Waals surface area contributed by atoms with Gasteiger partial charge in [0.05, 0.1) is 5.48 Å². The number of Topliss-reactive ketones (excluding diaryl/α,β-unsaturated/α-hetero) is 2. The van der Waals surface area contributed by atoms with E-state index in [9.17, 15) is 14.7 Å². The van der Waals surface area contributed by atoms with Gasteiger partial charge in [0, 0.05) is 17.5 Å². The topological polar surface area (TPSA) is 54.4 Å². The lowest BCUT2D eigenvalue weighted by Crippen LogP contribution is -2.12. The third-order valence-electron chi connectivity index (χ3n) is 2.49. The quantitative estimate of drug-likeness (QED) is 0.818. The van der Waals surface area contributed by atoms with Crippen molar-refractivity contribution in [2.75, 3.05) is 0 Å². The van der Waals surface area contributed by atoms with Gasteiger partial charge in [0.15, 0.2) is 5.78 Å². The molecule has 0 amide bonds. The Labute approximate surface area is 105 Å². The number of aliphatic hydroxyl groups excluding tert-OH is 1. The Bertz CT molecular complexity index is 705. The summed E-state index contributed by atoms with van der Waals surface area (Å²) in [5, 5.41) is 10.1. The molecule has 1 aromatic rings. The first kappa shape index (κ1) is 7.43. The Balaban J connectivity index is 2.68. The summed E-state index contributed by atoms with van der Waals surface area (Å²) in [5.41, 5.74) is -1.05. The van der Waals surface area contributed by atoms with Crippen molar-refractivity contribution >= 4 is 17.3 Å². The maximum atomic E-state index is 12.3. The van der Waals surface area contributed by atoms with Crippen LogP contribution in [0.15, 0.2) is 29.7 Å². The van der Waals surface area contributed by atoms with Gasteiger partial charge in [-0.2, -0.15) is 0 Å². The van der Waals surface area contributed by atoms with E-state index < -0.39 is 47.1 Å². The molecule has 3 heteroatoms. The van der Waals surface area contributed by atoms with Crippen molar-refractivity contribution in [3.63, 3.8) is 0 Å². The first-order valence-corrected chi connectivity index (χ1v) is 5.30. The first-order valence-electron chi connectivity index (χ1n) is 7.30. The highest BCUT2D eigenvalue weighted by Crippen LogP contribution is 2.32. The van der Waals surface area contributed by atoms with Crippen LogP contribution >= 0.6 is 0 Å². The summed E-state index contributed by atoms with van der Waals surface area (Å²) in [6.07, 6.45) is 0.0568. The molecule has 0 radical (unpaired) electrons. The molecule has 3 nitrogen and oxygen atoms in total. The molecule has 0 saturated carbocycles. The van der Waals surface area contributed by atoms with Crippen LogP contribution in [0.5, 0.6) is 0 Å². The summed E-state index contributed by atoms with van der Waals surface area (Å²) in [4.78, 5) is 24.4. The molecule has 1 aromatic carbocycles. The zero-order valence-corrected chi connectivity index (χ0v) is 9.55. The van der Waals surface area contributed by atoms with Crippen molar-refractivity contribution in [3.8, 4) is 0 Å². The fourth-order valence-corrected chi connectivity index (χ4v) is 1.75. The van der Waals surface area contributed by atoms with Crippen LogP contribution in [0, 0.1) is 5.92 Å². The molecule has 1 aliphatic rings. The van der Waals surface area contributed by atoms with Gasteiger partial charge in [-0.05, 0) is 5.92 Å². The smallest absolute Gasteiger partial charge is 0.201 e. The molecule has 1 N–H and O–H groups in total. The molecule has 0 fully saturated rings. The Kier molecular flexibility index (Phi) is 1.82. The third kappa shape index (κ3) is 1.88. The van der Waals surface area contributed by atoms with Gasteiger partial charge in [-0.1, -0.05) is 38.0 Å². The molecule has 17 heavy (non-hydrogen) atoms. The lowest BCUT2D eigenvalue weighted by Gasteiger charge is -2.03. The number of allylic oxidation sites excluding steroid dienone is 1. The molecule has 0 spiro atoms. The average molecular weight is 234 g/mol. The number of hydrogen-bond donors (Lipinski definition) is 1. The van der Waals surface area contributed by atoms with Gasteiger partial charge in [0.25, 0.3) is 0 Å². The summed E-state index contributed by atoms with van der Waals surface area (Å²) in [6.45, 7) is 3.58. The number of carbonyl (C=O) groups excluding carboxylic acids is 2. The fraction of sp³-hybridized carbons (Fsp3) is 0.286. The standard InChI is InChI=1S/C14H14O3/c1-8(2)7-11(15)12-13(16)9-5-3-4-6-10(9)14(12)17/h3-6,8,16H,7H2,1-2H3/i3D,4D,5D,6D. The minimum atomic E-state index is -0.833. The summed E-state index contributed by atoms with van der Waals surface area (Å²) >= 11 is 0. The number of rotatable bonds is 3. The van der Waals surface area contributed by atoms with E-state index in [2.05, 4.69) is 0 Å². The Morgan fingerprint density at radius 2 is 1.94 bits per heavy atom. The monoisotopic (exact) mass is 234 g/mol. The molecule has 0 saturated heterocycles. The molecule has 0 atom stereocenters. The maximum Gasteiger partial charge on any atom is 0.201 e. The second kappa shape index (κ2) is 4.17. The molecule has 0 aromatic heterocycles. The SMILES string of the molecule is [2H]c1c([2H])c([2H])c2c(c1[2H])C(=O)C(C(=O)CC(C)C)=C2O. The van der Waals surface area contributed by atoms with Gasteiger partial charge >= 0.3 is 0 Å². The van der Waals surface area contributed by atoms with E-state index in [1.165, 1.54) is 0 Å². The van der Waals surface area contributed by atoms with Gasteiger partial charge in [-0.25, -0.2) is 0 Å². The predicted octanol–water partition coefficient (Wildman–Crippen LogP) is 2.77. The predicted molar refractivity (Wildman–Crippen MR) is 64.8 cm³/mol. The van der Waals surface area contributed by atoms with Crippen LogP contribution in [0.25, 0.3) is 5.76 Å². The van der Waals surface area contributed by atoms with E-state index >= 15 is 0 Å². The van der Waals surface area contributed by atoms with Gasteiger partial charge in [-0.3, -0.25) is 9.59 Å². The number of hydrogen-bond acceptors (Lipinski definition) is 3. The van der Waals surface area contributed by atoms with Crippen molar-refractivity contribution in [3.05, 3.63) is 40.9 Å². The van der Waals surface area contributed by atoms with Crippen LogP contribution in [-0.2, 0) is 4.79 Å². The van der Waals surface area contributed by atoms with E-state index in [1.54, 1.807) is 13.8 Å². The molecule has 2 rings (SSSR count). The molecular weight excluding hydrogens is 216 g/mol. The molecule has 0 aliphatic heterocycles. The lowest BCUT2D eigenvalue weighted by molar-refractivity contribution is -0.115. The van der Waals surface area contributed by atoms with Gasteiger partial charge in [0.2, 0.25) is 5.78 Å². The normalized spacial score (nSPS) is 17.7. The zero-order chi connectivity index (χ0) is 16.1. The molecule has 0 bridgehead atoms. The van der Waals surface area contributed by atoms with E-state index in [0.29, 0.717) is 0 Å². The van der Waals surface area contributed by atoms with E-state index in [0.717, 1.165) is 0 Å². The minimum absolute atomic E-state index is 0.0151. The number of ketones is 2. The van der Waals surface area contributed by atoms with E-state index in [4.69, 9.17) is 5.48 Å². The van der Waals surface area contributed by atoms with Crippen LogP contribution in [0.4, 0.5) is 0 Å². The number of benzene rings is 1. The lowest BCUT2D eigenvalue weighted by atomic mass is 9.99. The molecule has 88 valence electrons. The van der Waals surface area contributed by atoms with Crippen molar-refractivity contribution in [1.29, 1.82) is 0 Å². The van der Waals surface area contributed by atoms with Crippen LogP contribution in [0.1, 0.15) is 41.7 Å². The highest BCUT2D eigenvalue weighted by atomic mass is 16.3. The zero-order valence-electron chi connectivity index (χ0n) is 13.5. The minimum Gasteiger partial charge on any atom is -0.506 e. The first-order chi connectivity index (χ1) is 9.68. The average Bonchev–Trinajstić information content (AvgIpc) is 2.64. The van der Waals surface area contributed by atoms with E-state index in [1.807, 2.05) is 0 Å². The summed E-state index contributed by atoms with van der Waals surface area (Å²) < 4.78 is 30.6. The molecular formula is C14H14O3. The maximum absolute atomic E-state index is 12.3. The highest BCUT2D eigenvalue weighted by molar-refractivity contribution is 6.34. The molecule has 1 aliphatic carbocycles. The van der Waals surface area contributed by atoms with Gasteiger partial charge in [0.1, 0.15) is 11.3 Å². The largest absolute Gasteiger partial charge is 0.506 e. The van der Waals surface area contributed by atoms with Crippen molar-refractivity contribution < 1.29 is 20.2 Å². The van der Waals surface area contributed by atoms with Crippen LogP contribution in [0.3, 0.4) is 0 Å². The fourth-order valence-electron chi connectivity index (χ4n) is 1.75. The van der Waals surface area contributed by atoms with Crippen LogP contribution in [-0.4, -0.2) is 16.7 Å². The third-order valence-corrected chi connectivity index (χ3v) is 2.49. The Hall–Kier alpha value is -1.90. The van der Waals surface area contributed by atoms with Crippen molar-refractivity contribution in [2.45, 2.75) is 20.3 Å². The number of aliphatic hydroxyl groups is 1. The molecule has 0 unspecified atom stereocenters. The summed E-state index contributed by atoms with van der Waals surface area (Å²) in [6, 6.07) is -2.15. The summed E-state index contributed by atoms with van der Waals surface area (Å²) in [5.74, 6) is -2.05. The molecule has 0 heterocycles. The number of carbonyl (C=O) groups is 2. The van der Waals surface area contributed by atoms with Crippen molar-refractivity contribution in [1.82, 2.24) is 0 Å². The van der Waals surface area contributed by atoms with Crippen LogP contribution in [0.2, 0.25) is 0 Å². The summed E-state index contributed by atoms with van der Waals surface area (Å²) in [7, 11) is 0. The highest BCUT2D eigenvalue weighted by Gasteiger charge is 2.33.